The number of nitrogens with zero attached hydrogens (tertiary/aromatic N) is 1. The maximum absolute atomic E-state index is 13.0. The molecule has 0 aromatic heterocycles. The van der Waals surface area contributed by atoms with E-state index < -0.39 is 17.4 Å². The predicted octanol–water partition coefficient (Wildman–Crippen LogP) is 4.86. The van der Waals surface area contributed by atoms with Gasteiger partial charge in [-0.15, -0.1) is 11.6 Å². The second-order valence-electron chi connectivity index (χ2n) is 11.9. The van der Waals surface area contributed by atoms with E-state index >= 15 is 0 Å². The van der Waals surface area contributed by atoms with Crippen molar-refractivity contribution in [2.24, 2.45) is 16.6 Å². The van der Waals surface area contributed by atoms with Crippen LogP contribution >= 0.6 is 11.6 Å². The summed E-state index contributed by atoms with van der Waals surface area (Å²) in [6.45, 7) is 7.59. The number of nitrogens with one attached hydrogen (secondary N) is 4. The SMILES string of the molecule is CCC(CCl)(NC(N)=N[C@@H]1CCC[C@H](NC(=O)C2CCC(NC(=O)OC(C)(C)C)CC2)C1)Nc1ccccc1. The van der Waals surface area contributed by atoms with Crippen molar-refractivity contribution >= 4 is 35.2 Å². The molecule has 2 saturated carbocycles. The van der Waals surface area contributed by atoms with E-state index in [1.807, 2.05) is 58.0 Å². The van der Waals surface area contributed by atoms with Crippen LogP contribution in [0.15, 0.2) is 35.3 Å². The molecule has 6 N–H and O–H groups in total. The Morgan fingerprint density at radius 2 is 1.72 bits per heavy atom. The van der Waals surface area contributed by atoms with E-state index in [1.54, 1.807) is 0 Å². The molecule has 0 saturated heterocycles. The van der Waals surface area contributed by atoms with Crippen molar-refractivity contribution < 1.29 is 14.3 Å². The van der Waals surface area contributed by atoms with E-state index in [4.69, 9.17) is 27.1 Å². The second kappa shape index (κ2) is 14.1. The van der Waals surface area contributed by atoms with Crippen molar-refractivity contribution in [3.8, 4) is 0 Å². The fourth-order valence-electron chi connectivity index (χ4n) is 5.35. The standard InChI is InChI=1S/C29H47ClN6O3/c1-5-29(19-30,35-22-10-7-6-8-11-22)36-26(31)33-24-13-9-12-23(18-24)32-25(37)20-14-16-21(17-15-20)34-27(38)39-28(2,3)4/h6-8,10-11,20-21,23-24,35H,5,9,12-19H2,1-4H3,(H,32,37)(H,34,38)(H3,31,33,36)/t20?,21?,23-,24+,29?/m0/s1. The van der Waals surface area contributed by atoms with Crippen molar-refractivity contribution in [1.82, 2.24) is 16.0 Å². The highest BCUT2D eigenvalue weighted by atomic mass is 35.5. The summed E-state index contributed by atoms with van der Waals surface area (Å²) in [6.07, 6.45) is 6.98. The van der Waals surface area contributed by atoms with Crippen LogP contribution < -0.4 is 27.0 Å². The molecule has 0 bridgehead atoms. The number of guanidine groups is 1. The van der Waals surface area contributed by atoms with Gasteiger partial charge in [0.2, 0.25) is 5.91 Å². The molecule has 2 amide bonds. The number of alkyl carbamates (subject to hydrolysis) is 1. The number of hydrogen-bond acceptors (Lipinski definition) is 5. The first-order valence-electron chi connectivity index (χ1n) is 14.3. The number of carbonyl (C=O) groups excluding carboxylic acids is 2. The molecule has 1 unspecified atom stereocenters. The lowest BCUT2D eigenvalue weighted by Gasteiger charge is -2.35. The van der Waals surface area contributed by atoms with Crippen LogP contribution in [0.2, 0.25) is 0 Å². The lowest BCUT2D eigenvalue weighted by molar-refractivity contribution is -0.127. The van der Waals surface area contributed by atoms with Gasteiger partial charge in [0.15, 0.2) is 5.96 Å². The third-order valence-electron chi connectivity index (χ3n) is 7.49. The van der Waals surface area contributed by atoms with Gasteiger partial charge in [0.1, 0.15) is 11.3 Å². The molecule has 39 heavy (non-hydrogen) atoms. The van der Waals surface area contributed by atoms with Crippen LogP contribution in [0.3, 0.4) is 0 Å². The fraction of sp³-hybridized carbons (Fsp3) is 0.690. The highest BCUT2D eigenvalue weighted by molar-refractivity contribution is 6.19. The minimum absolute atomic E-state index is 0.0322. The minimum Gasteiger partial charge on any atom is -0.444 e. The molecule has 0 aliphatic heterocycles. The van der Waals surface area contributed by atoms with Crippen LogP contribution in [-0.4, -0.2) is 53.2 Å². The van der Waals surface area contributed by atoms with Crippen LogP contribution in [0, 0.1) is 5.92 Å². The van der Waals surface area contributed by atoms with Crippen LogP contribution in [0.4, 0.5) is 10.5 Å². The van der Waals surface area contributed by atoms with Crippen molar-refractivity contribution in [1.29, 1.82) is 0 Å². The summed E-state index contributed by atoms with van der Waals surface area (Å²) >= 11 is 6.36. The van der Waals surface area contributed by atoms with E-state index in [-0.39, 0.29) is 30.0 Å². The Morgan fingerprint density at radius 3 is 2.33 bits per heavy atom. The van der Waals surface area contributed by atoms with Gasteiger partial charge in [0.05, 0.1) is 11.9 Å². The number of para-hydroxylation sites is 1. The molecule has 0 radical (unpaired) electrons. The van der Waals surface area contributed by atoms with E-state index in [1.165, 1.54) is 0 Å². The van der Waals surface area contributed by atoms with E-state index in [2.05, 4.69) is 21.3 Å². The van der Waals surface area contributed by atoms with E-state index in [9.17, 15) is 9.59 Å². The van der Waals surface area contributed by atoms with Crippen LogP contribution in [0.1, 0.15) is 85.5 Å². The van der Waals surface area contributed by atoms with Gasteiger partial charge in [-0.25, -0.2) is 9.79 Å². The number of alkyl halides is 1. The smallest absolute Gasteiger partial charge is 0.407 e. The van der Waals surface area contributed by atoms with Gasteiger partial charge >= 0.3 is 6.09 Å². The normalized spacial score (nSPS) is 25.6. The van der Waals surface area contributed by atoms with Gasteiger partial charge in [0, 0.05) is 23.7 Å². The third kappa shape index (κ3) is 10.1. The Kier molecular flexibility index (Phi) is 11.2. The zero-order valence-corrected chi connectivity index (χ0v) is 24.7. The maximum Gasteiger partial charge on any atom is 0.407 e. The minimum atomic E-state index is -0.615. The number of aliphatic imine (C=N–C) groups is 1. The molecule has 218 valence electrons. The lowest BCUT2D eigenvalue weighted by Crippen LogP contribution is -2.58. The molecular formula is C29H47ClN6O3. The van der Waals surface area contributed by atoms with E-state index in [0.717, 1.165) is 57.1 Å². The predicted molar refractivity (Wildman–Crippen MR) is 158 cm³/mol. The largest absolute Gasteiger partial charge is 0.444 e. The molecule has 2 aliphatic carbocycles. The molecule has 0 heterocycles. The first-order valence-corrected chi connectivity index (χ1v) is 14.8. The van der Waals surface area contributed by atoms with Crippen molar-refractivity contribution in [2.45, 2.75) is 115 Å². The molecule has 3 rings (SSSR count). The van der Waals surface area contributed by atoms with Gasteiger partial charge in [-0.1, -0.05) is 25.1 Å². The summed E-state index contributed by atoms with van der Waals surface area (Å²) in [5.41, 5.74) is 6.17. The number of nitrogens with two attached hydrogens (primary N) is 1. The number of rotatable bonds is 9. The summed E-state index contributed by atoms with van der Waals surface area (Å²) in [5, 5.41) is 13.0. The van der Waals surface area contributed by atoms with Gasteiger partial charge < -0.3 is 31.7 Å². The number of carbonyl (C=O) groups is 2. The monoisotopic (exact) mass is 562 g/mol. The Balaban J connectivity index is 1.47. The van der Waals surface area contributed by atoms with Gasteiger partial charge in [-0.2, -0.15) is 0 Å². The number of anilines is 1. The summed E-state index contributed by atoms with van der Waals surface area (Å²) in [7, 11) is 0. The summed E-state index contributed by atoms with van der Waals surface area (Å²) in [4.78, 5) is 29.9. The van der Waals surface area contributed by atoms with Crippen molar-refractivity contribution in [3.63, 3.8) is 0 Å². The van der Waals surface area contributed by atoms with Gasteiger partial charge in [0.25, 0.3) is 0 Å². The first kappa shape index (κ1) is 30.9. The maximum atomic E-state index is 13.0. The first-order chi connectivity index (χ1) is 18.5. The number of amides is 2. The zero-order chi connectivity index (χ0) is 28.5. The molecule has 3 atom stereocenters. The lowest BCUT2D eigenvalue weighted by atomic mass is 9.84. The number of hydrogen-bond donors (Lipinski definition) is 5. The molecule has 0 spiro atoms. The molecule has 1 aromatic rings. The average molecular weight is 563 g/mol. The Bertz CT molecular complexity index is 956. The van der Waals surface area contributed by atoms with Crippen molar-refractivity contribution in [2.75, 3.05) is 11.2 Å². The highest BCUT2D eigenvalue weighted by Gasteiger charge is 2.32. The molecule has 2 aliphatic rings. The Morgan fingerprint density at radius 1 is 1.03 bits per heavy atom. The topological polar surface area (TPSA) is 130 Å². The number of benzene rings is 1. The fourth-order valence-corrected chi connectivity index (χ4v) is 5.67. The Labute approximate surface area is 238 Å². The quantitative estimate of drug-likeness (QED) is 0.126. The molecule has 1 aromatic carbocycles. The average Bonchev–Trinajstić information content (AvgIpc) is 2.88. The number of ether oxygens (including phenoxy) is 1. The third-order valence-corrected chi connectivity index (χ3v) is 7.95. The van der Waals surface area contributed by atoms with Gasteiger partial charge in [-0.3, -0.25) is 4.79 Å². The number of halogens is 1. The summed E-state index contributed by atoms with van der Waals surface area (Å²) < 4.78 is 5.36. The highest BCUT2D eigenvalue weighted by Crippen LogP contribution is 2.27. The summed E-state index contributed by atoms with van der Waals surface area (Å²) in [5.74, 6) is 0.739. The van der Waals surface area contributed by atoms with E-state index in [0.29, 0.717) is 18.3 Å². The van der Waals surface area contributed by atoms with Crippen molar-refractivity contribution in [3.05, 3.63) is 30.3 Å². The van der Waals surface area contributed by atoms with Gasteiger partial charge in [-0.05, 0) is 90.7 Å². The van der Waals surface area contributed by atoms with Crippen LogP contribution in [-0.2, 0) is 9.53 Å². The second-order valence-corrected chi connectivity index (χ2v) is 12.2. The Hall–Kier alpha value is -2.68. The summed E-state index contributed by atoms with van der Waals surface area (Å²) in [6, 6.07) is 10.1. The zero-order valence-electron chi connectivity index (χ0n) is 23.9. The van der Waals surface area contributed by atoms with Crippen LogP contribution in [0.25, 0.3) is 0 Å². The molecule has 2 fully saturated rings. The molecule has 9 nitrogen and oxygen atoms in total. The molecule has 10 heteroatoms. The van der Waals surface area contributed by atoms with Crippen LogP contribution in [0.5, 0.6) is 0 Å². The molecular weight excluding hydrogens is 516 g/mol.